The first-order valence-corrected chi connectivity index (χ1v) is 7.38. The standard InChI is InChI=1S/C15H21ClN2O2/c1-3-7-17-14-9-20-8-11(14)15(19)18-13-6-4-5-12(16)10(13)2/h4-6,11,14,17H,3,7-9H2,1-2H3,(H,18,19). The third-order valence-electron chi connectivity index (χ3n) is 3.60. The zero-order valence-corrected chi connectivity index (χ0v) is 12.7. The van der Waals surface area contributed by atoms with Crippen LogP contribution in [0, 0.1) is 12.8 Å². The van der Waals surface area contributed by atoms with Crippen LogP contribution in [0.2, 0.25) is 5.02 Å². The van der Waals surface area contributed by atoms with Gasteiger partial charge in [-0.2, -0.15) is 0 Å². The zero-order valence-electron chi connectivity index (χ0n) is 11.9. The monoisotopic (exact) mass is 296 g/mol. The molecule has 1 fully saturated rings. The van der Waals surface area contributed by atoms with Crippen LogP contribution in [-0.2, 0) is 9.53 Å². The molecule has 1 aromatic carbocycles. The number of amides is 1. The highest BCUT2D eigenvalue weighted by Gasteiger charge is 2.33. The van der Waals surface area contributed by atoms with Gasteiger partial charge in [0.15, 0.2) is 0 Å². The van der Waals surface area contributed by atoms with Crippen molar-refractivity contribution in [2.75, 3.05) is 25.1 Å². The van der Waals surface area contributed by atoms with E-state index in [9.17, 15) is 4.79 Å². The van der Waals surface area contributed by atoms with Crippen LogP contribution in [0.25, 0.3) is 0 Å². The van der Waals surface area contributed by atoms with Crippen molar-refractivity contribution in [2.45, 2.75) is 26.3 Å². The molecule has 1 amide bonds. The molecule has 20 heavy (non-hydrogen) atoms. The Kier molecular flexibility index (Phi) is 5.40. The number of nitrogens with one attached hydrogen (secondary N) is 2. The van der Waals surface area contributed by atoms with E-state index in [0.717, 1.165) is 24.2 Å². The van der Waals surface area contributed by atoms with E-state index in [0.29, 0.717) is 18.2 Å². The lowest BCUT2D eigenvalue weighted by atomic mass is 10.0. The Balaban J connectivity index is 2.02. The van der Waals surface area contributed by atoms with E-state index in [2.05, 4.69) is 17.6 Å². The summed E-state index contributed by atoms with van der Waals surface area (Å²) in [5.74, 6) is -0.165. The topological polar surface area (TPSA) is 50.4 Å². The largest absolute Gasteiger partial charge is 0.379 e. The molecule has 1 saturated heterocycles. The first-order valence-electron chi connectivity index (χ1n) is 7.00. The molecule has 0 saturated carbocycles. The summed E-state index contributed by atoms with van der Waals surface area (Å²) in [5, 5.41) is 6.98. The number of benzene rings is 1. The molecule has 0 aromatic heterocycles. The van der Waals surface area contributed by atoms with Crippen LogP contribution < -0.4 is 10.6 Å². The fourth-order valence-electron chi connectivity index (χ4n) is 2.31. The van der Waals surface area contributed by atoms with Gasteiger partial charge in [-0.3, -0.25) is 4.79 Å². The number of ether oxygens (including phenoxy) is 1. The van der Waals surface area contributed by atoms with E-state index in [4.69, 9.17) is 16.3 Å². The third-order valence-corrected chi connectivity index (χ3v) is 4.01. The Labute approximate surface area is 124 Å². The average molecular weight is 297 g/mol. The van der Waals surface area contributed by atoms with Gasteiger partial charge in [0.05, 0.1) is 19.1 Å². The Hall–Kier alpha value is -1.10. The lowest BCUT2D eigenvalue weighted by Gasteiger charge is -2.19. The second-order valence-corrected chi connectivity index (χ2v) is 5.51. The zero-order chi connectivity index (χ0) is 14.5. The molecule has 5 heteroatoms. The van der Waals surface area contributed by atoms with Crippen LogP contribution in [0.3, 0.4) is 0 Å². The first-order chi connectivity index (χ1) is 9.63. The van der Waals surface area contributed by atoms with Gasteiger partial charge in [-0.05, 0) is 37.6 Å². The molecule has 0 bridgehead atoms. The first kappa shape index (κ1) is 15.3. The Morgan fingerprint density at radius 1 is 1.45 bits per heavy atom. The Morgan fingerprint density at radius 2 is 2.25 bits per heavy atom. The van der Waals surface area contributed by atoms with Crippen molar-refractivity contribution in [3.63, 3.8) is 0 Å². The van der Waals surface area contributed by atoms with Crippen molar-refractivity contribution in [1.82, 2.24) is 5.32 Å². The van der Waals surface area contributed by atoms with Gasteiger partial charge < -0.3 is 15.4 Å². The minimum absolute atomic E-state index is 0.0125. The van der Waals surface area contributed by atoms with E-state index in [1.165, 1.54) is 0 Å². The number of halogens is 1. The molecule has 1 aromatic rings. The van der Waals surface area contributed by atoms with Gasteiger partial charge in [-0.1, -0.05) is 24.6 Å². The summed E-state index contributed by atoms with van der Waals surface area (Å²) in [7, 11) is 0. The summed E-state index contributed by atoms with van der Waals surface area (Å²) < 4.78 is 5.43. The summed E-state index contributed by atoms with van der Waals surface area (Å²) in [6.45, 7) is 5.95. The molecule has 0 aliphatic carbocycles. The molecule has 2 N–H and O–H groups in total. The van der Waals surface area contributed by atoms with E-state index in [-0.39, 0.29) is 17.9 Å². The van der Waals surface area contributed by atoms with E-state index >= 15 is 0 Å². The lowest BCUT2D eigenvalue weighted by molar-refractivity contribution is -0.120. The third kappa shape index (κ3) is 3.51. The quantitative estimate of drug-likeness (QED) is 0.878. The highest BCUT2D eigenvalue weighted by molar-refractivity contribution is 6.31. The van der Waals surface area contributed by atoms with Crippen molar-refractivity contribution in [1.29, 1.82) is 0 Å². The van der Waals surface area contributed by atoms with Crippen molar-refractivity contribution < 1.29 is 9.53 Å². The fraction of sp³-hybridized carbons (Fsp3) is 0.533. The summed E-state index contributed by atoms with van der Waals surface area (Å²) in [6.07, 6.45) is 1.04. The maximum absolute atomic E-state index is 12.4. The highest BCUT2D eigenvalue weighted by Crippen LogP contribution is 2.24. The summed E-state index contributed by atoms with van der Waals surface area (Å²) in [4.78, 5) is 12.4. The van der Waals surface area contributed by atoms with Gasteiger partial charge in [0.1, 0.15) is 0 Å². The van der Waals surface area contributed by atoms with Crippen LogP contribution in [-0.4, -0.2) is 31.7 Å². The number of hydrogen-bond acceptors (Lipinski definition) is 3. The van der Waals surface area contributed by atoms with Gasteiger partial charge in [-0.15, -0.1) is 0 Å². The molecule has 4 nitrogen and oxygen atoms in total. The van der Waals surface area contributed by atoms with Gasteiger partial charge in [0.2, 0.25) is 5.91 Å². The molecular formula is C15H21ClN2O2. The second-order valence-electron chi connectivity index (χ2n) is 5.11. The summed E-state index contributed by atoms with van der Waals surface area (Å²) >= 11 is 6.07. The van der Waals surface area contributed by atoms with Crippen LogP contribution in [0.4, 0.5) is 5.69 Å². The van der Waals surface area contributed by atoms with Crippen LogP contribution in [0.5, 0.6) is 0 Å². The summed E-state index contributed by atoms with van der Waals surface area (Å²) in [5.41, 5.74) is 1.66. The molecule has 2 atom stereocenters. The molecule has 1 heterocycles. The Bertz CT molecular complexity index is 479. The second kappa shape index (κ2) is 7.07. The molecule has 0 radical (unpaired) electrons. The SMILES string of the molecule is CCCNC1COCC1C(=O)Nc1cccc(Cl)c1C. The molecule has 2 rings (SSSR count). The number of anilines is 1. The predicted molar refractivity (Wildman–Crippen MR) is 81.2 cm³/mol. The van der Waals surface area contributed by atoms with E-state index in [1.807, 2.05) is 25.1 Å². The highest BCUT2D eigenvalue weighted by atomic mass is 35.5. The number of carbonyl (C=O) groups excluding carboxylic acids is 1. The maximum atomic E-state index is 12.4. The van der Waals surface area contributed by atoms with Crippen molar-refractivity contribution in [2.24, 2.45) is 5.92 Å². The van der Waals surface area contributed by atoms with Gasteiger partial charge in [0, 0.05) is 16.8 Å². The molecular weight excluding hydrogens is 276 g/mol. The van der Waals surface area contributed by atoms with E-state index in [1.54, 1.807) is 0 Å². The minimum atomic E-state index is -0.153. The molecule has 1 aliphatic heterocycles. The smallest absolute Gasteiger partial charge is 0.231 e. The van der Waals surface area contributed by atoms with Gasteiger partial charge in [-0.25, -0.2) is 0 Å². The lowest BCUT2D eigenvalue weighted by Crippen LogP contribution is -2.41. The van der Waals surface area contributed by atoms with Crippen molar-refractivity contribution in [3.8, 4) is 0 Å². The van der Waals surface area contributed by atoms with E-state index < -0.39 is 0 Å². The minimum Gasteiger partial charge on any atom is -0.379 e. The average Bonchev–Trinajstić information content (AvgIpc) is 2.90. The number of hydrogen-bond donors (Lipinski definition) is 2. The van der Waals surface area contributed by atoms with Crippen LogP contribution in [0.15, 0.2) is 18.2 Å². The number of rotatable bonds is 5. The molecule has 2 unspecified atom stereocenters. The number of carbonyl (C=O) groups is 1. The van der Waals surface area contributed by atoms with Crippen molar-refractivity contribution in [3.05, 3.63) is 28.8 Å². The Morgan fingerprint density at radius 3 is 3.00 bits per heavy atom. The molecule has 110 valence electrons. The van der Waals surface area contributed by atoms with Gasteiger partial charge >= 0.3 is 0 Å². The summed E-state index contributed by atoms with van der Waals surface area (Å²) in [6, 6.07) is 5.61. The maximum Gasteiger partial charge on any atom is 0.231 e. The van der Waals surface area contributed by atoms with Gasteiger partial charge in [0.25, 0.3) is 0 Å². The molecule has 1 aliphatic rings. The van der Waals surface area contributed by atoms with Crippen LogP contribution >= 0.6 is 11.6 Å². The van der Waals surface area contributed by atoms with Crippen LogP contribution in [0.1, 0.15) is 18.9 Å². The normalized spacial score (nSPS) is 21.9. The predicted octanol–water partition coefficient (Wildman–Crippen LogP) is 2.60. The van der Waals surface area contributed by atoms with Crippen molar-refractivity contribution >= 4 is 23.2 Å². The molecule has 0 spiro atoms. The fourth-order valence-corrected chi connectivity index (χ4v) is 2.49.